The number of piperidine rings is 1. The molecule has 2 bridgehead atoms. The number of rotatable bonds is 3. The fraction of sp³-hybridized carbons (Fsp3) is 0.400. The molecule has 4 heterocycles. The molecule has 0 spiro atoms. The average Bonchev–Trinajstić information content (AvgIpc) is 2.92. The molecular weight excluding hydrogens is 334 g/mol. The summed E-state index contributed by atoms with van der Waals surface area (Å²) in [5.74, 6) is 0.659. The van der Waals surface area contributed by atoms with Crippen LogP contribution < -0.4 is 0 Å². The third kappa shape index (κ3) is 3.70. The summed E-state index contributed by atoms with van der Waals surface area (Å²) in [7, 11) is 0. The minimum Gasteiger partial charge on any atom is -0.334 e. The maximum atomic E-state index is 13.0. The SMILES string of the molecule is O=C(c1cccc(Cl)c1)N1C[C@H]2CC[C@@H]1CN(Cc1ccncc1)C2. The highest BCUT2D eigenvalue weighted by Crippen LogP contribution is 2.30. The van der Waals surface area contributed by atoms with Gasteiger partial charge in [0.15, 0.2) is 0 Å². The lowest BCUT2D eigenvalue weighted by molar-refractivity contribution is 0.0585. The zero-order chi connectivity index (χ0) is 17.2. The van der Waals surface area contributed by atoms with Gasteiger partial charge < -0.3 is 4.90 Å². The Bertz CT molecular complexity index is 752. The predicted octanol–water partition coefficient (Wildman–Crippen LogP) is 3.47. The molecule has 3 saturated heterocycles. The Hall–Kier alpha value is -1.91. The molecule has 3 aliphatic rings. The first-order valence-electron chi connectivity index (χ1n) is 8.87. The van der Waals surface area contributed by atoms with E-state index in [1.807, 2.05) is 30.6 Å². The van der Waals surface area contributed by atoms with Crippen LogP contribution in [0.1, 0.15) is 28.8 Å². The zero-order valence-electron chi connectivity index (χ0n) is 14.1. The number of amides is 1. The van der Waals surface area contributed by atoms with Crippen LogP contribution in [0.3, 0.4) is 0 Å². The minimum atomic E-state index is 0.114. The number of fused-ring (bicyclic) bond motifs is 4. The number of aromatic nitrogens is 1. The number of hydrogen-bond acceptors (Lipinski definition) is 3. The summed E-state index contributed by atoms with van der Waals surface area (Å²) in [6.45, 7) is 3.76. The first-order valence-corrected chi connectivity index (χ1v) is 9.24. The third-order valence-electron chi connectivity index (χ3n) is 5.28. The summed E-state index contributed by atoms with van der Waals surface area (Å²) in [6.07, 6.45) is 5.98. The van der Waals surface area contributed by atoms with Crippen molar-refractivity contribution < 1.29 is 4.79 Å². The highest BCUT2D eigenvalue weighted by molar-refractivity contribution is 6.30. The summed E-state index contributed by atoms with van der Waals surface area (Å²) < 4.78 is 0. The Morgan fingerprint density at radius 1 is 1.12 bits per heavy atom. The number of benzene rings is 1. The van der Waals surface area contributed by atoms with Crippen molar-refractivity contribution in [2.24, 2.45) is 5.92 Å². The molecule has 1 aromatic heterocycles. The van der Waals surface area contributed by atoms with Gasteiger partial charge >= 0.3 is 0 Å². The van der Waals surface area contributed by atoms with Gasteiger partial charge in [-0.25, -0.2) is 0 Å². The Morgan fingerprint density at radius 3 is 2.76 bits per heavy atom. The van der Waals surface area contributed by atoms with E-state index in [1.54, 1.807) is 6.07 Å². The van der Waals surface area contributed by atoms with Crippen LogP contribution in [0.25, 0.3) is 0 Å². The number of pyridine rings is 1. The van der Waals surface area contributed by atoms with Crippen molar-refractivity contribution in [3.63, 3.8) is 0 Å². The molecule has 0 radical (unpaired) electrons. The van der Waals surface area contributed by atoms with Gasteiger partial charge in [-0.1, -0.05) is 17.7 Å². The Morgan fingerprint density at radius 2 is 1.96 bits per heavy atom. The number of carbonyl (C=O) groups is 1. The van der Waals surface area contributed by atoms with Crippen LogP contribution in [0.5, 0.6) is 0 Å². The lowest BCUT2D eigenvalue weighted by Gasteiger charge is -2.36. The van der Waals surface area contributed by atoms with Gasteiger partial charge in [0.2, 0.25) is 0 Å². The largest absolute Gasteiger partial charge is 0.334 e. The van der Waals surface area contributed by atoms with Crippen molar-refractivity contribution in [2.75, 3.05) is 19.6 Å². The van der Waals surface area contributed by atoms with Gasteiger partial charge in [0.05, 0.1) is 0 Å². The molecule has 0 aliphatic carbocycles. The van der Waals surface area contributed by atoms with Crippen LogP contribution in [-0.2, 0) is 6.54 Å². The molecule has 130 valence electrons. The van der Waals surface area contributed by atoms with E-state index in [0.717, 1.165) is 32.6 Å². The summed E-state index contributed by atoms with van der Waals surface area (Å²) in [5, 5.41) is 0.616. The molecule has 4 nitrogen and oxygen atoms in total. The van der Waals surface area contributed by atoms with E-state index in [2.05, 4.69) is 26.9 Å². The molecule has 3 fully saturated rings. The van der Waals surface area contributed by atoms with E-state index in [4.69, 9.17) is 11.6 Å². The molecule has 5 rings (SSSR count). The molecule has 0 saturated carbocycles. The van der Waals surface area contributed by atoms with Gasteiger partial charge in [-0.3, -0.25) is 14.7 Å². The third-order valence-corrected chi connectivity index (χ3v) is 5.51. The maximum Gasteiger partial charge on any atom is 0.254 e. The number of carbonyl (C=O) groups excluding carboxylic acids is 1. The van der Waals surface area contributed by atoms with Crippen LogP contribution in [0, 0.1) is 5.92 Å². The smallest absolute Gasteiger partial charge is 0.254 e. The monoisotopic (exact) mass is 355 g/mol. The van der Waals surface area contributed by atoms with Gasteiger partial charge in [0, 0.05) is 55.2 Å². The quantitative estimate of drug-likeness (QED) is 0.845. The van der Waals surface area contributed by atoms with Crippen LogP contribution in [-0.4, -0.2) is 46.4 Å². The van der Waals surface area contributed by atoms with Crippen LogP contribution >= 0.6 is 11.6 Å². The molecule has 1 aromatic carbocycles. The van der Waals surface area contributed by atoms with Crippen LogP contribution in [0.15, 0.2) is 48.8 Å². The van der Waals surface area contributed by atoms with Gasteiger partial charge in [0.1, 0.15) is 0 Å². The van der Waals surface area contributed by atoms with Crippen molar-refractivity contribution in [1.29, 1.82) is 0 Å². The maximum absolute atomic E-state index is 13.0. The van der Waals surface area contributed by atoms with Crippen molar-refractivity contribution in [3.8, 4) is 0 Å². The van der Waals surface area contributed by atoms with Crippen molar-refractivity contribution in [1.82, 2.24) is 14.8 Å². The normalized spacial score (nSPS) is 23.5. The second-order valence-electron chi connectivity index (χ2n) is 7.11. The van der Waals surface area contributed by atoms with E-state index in [-0.39, 0.29) is 11.9 Å². The Labute approximate surface area is 153 Å². The Balaban J connectivity index is 1.50. The van der Waals surface area contributed by atoms with E-state index < -0.39 is 0 Å². The number of hydrogen-bond donors (Lipinski definition) is 0. The van der Waals surface area contributed by atoms with E-state index in [9.17, 15) is 4.79 Å². The van der Waals surface area contributed by atoms with Gasteiger partial charge in [-0.2, -0.15) is 0 Å². The fourth-order valence-electron chi connectivity index (χ4n) is 4.09. The molecule has 0 unspecified atom stereocenters. The second-order valence-corrected chi connectivity index (χ2v) is 7.55. The summed E-state index contributed by atoms with van der Waals surface area (Å²) >= 11 is 6.07. The number of halogens is 1. The first kappa shape index (κ1) is 16.6. The average molecular weight is 356 g/mol. The first-order chi connectivity index (χ1) is 12.2. The highest BCUT2D eigenvalue weighted by Gasteiger charge is 2.37. The van der Waals surface area contributed by atoms with Gasteiger partial charge in [0.25, 0.3) is 5.91 Å². The molecule has 2 aromatic rings. The van der Waals surface area contributed by atoms with Crippen molar-refractivity contribution in [3.05, 3.63) is 64.9 Å². The predicted molar refractivity (Wildman–Crippen MR) is 98.5 cm³/mol. The van der Waals surface area contributed by atoms with Crippen LogP contribution in [0.4, 0.5) is 0 Å². The Kier molecular flexibility index (Phi) is 4.73. The van der Waals surface area contributed by atoms with Gasteiger partial charge in [-0.15, -0.1) is 0 Å². The lowest BCUT2D eigenvalue weighted by atomic mass is 9.94. The highest BCUT2D eigenvalue weighted by atomic mass is 35.5. The summed E-state index contributed by atoms with van der Waals surface area (Å²) in [6, 6.07) is 11.7. The molecule has 25 heavy (non-hydrogen) atoms. The van der Waals surface area contributed by atoms with E-state index >= 15 is 0 Å². The van der Waals surface area contributed by atoms with Crippen LogP contribution in [0.2, 0.25) is 5.02 Å². The summed E-state index contributed by atoms with van der Waals surface area (Å²) in [4.78, 5) is 21.7. The molecule has 5 heteroatoms. The second kappa shape index (κ2) is 7.14. The van der Waals surface area contributed by atoms with E-state index in [0.29, 0.717) is 16.5 Å². The molecule has 0 N–H and O–H groups in total. The molecule has 1 amide bonds. The molecule has 3 aliphatic heterocycles. The summed E-state index contributed by atoms with van der Waals surface area (Å²) in [5.41, 5.74) is 1.98. The molecular formula is C20H22ClN3O. The van der Waals surface area contributed by atoms with Crippen molar-refractivity contribution >= 4 is 17.5 Å². The lowest BCUT2D eigenvalue weighted by Crippen LogP contribution is -2.47. The van der Waals surface area contributed by atoms with Crippen molar-refractivity contribution in [2.45, 2.75) is 25.4 Å². The molecule has 2 atom stereocenters. The van der Waals surface area contributed by atoms with Gasteiger partial charge in [-0.05, 0) is 54.7 Å². The topological polar surface area (TPSA) is 36.4 Å². The zero-order valence-corrected chi connectivity index (χ0v) is 14.9. The fourth-order valence-corrected chi connectivity index (χ4v) is 4.28. The number of nitrogens with zero attached hydrogens (tertiary/aromatic N) is 3. The minimum absolute atomic E-state index is 0.114. The van der Waals surface area contributed by atoms with E-state index in [1.165, 1.54) is 12.0 Å². The standard InChI is InChI=1S/C20H22ClN3O/c21-18-3-1-2-17(10-18)20(25)24-13-16-4-5-19(24)14-23(12-16)11-15-6-8-22-9-7-15/h1-3,6-10,16,19H,4-5,11-14H2/t16-,19+/m0/s1.